The number of nitrogens with zero attached hydrogens (tertiary/aromatic N) is 1. The van der Waals surface area contributed by atoms with Crippen molar-refractivity contribution in [2.75, 3.05) is 13.7 Å². The number of methoxy groups -OCH3 is 1. The Labute approximate surface area is 235 Å². The number of rotatable bonds is 12. The quantitative estimate of drug-likeness (QED) is 0.280. The number of pyridine rings is 1. The Morgan fingerprint density at radius 2 is 1.68 bits per heavy atom. The van der Waals surface area contributed by atoms with Crippen LogP contribution in [0.2, 0.25) is 5.02 Å². The zero-order chi connectivity index (χ0) is 29.6. The molecule has 1 heterocycles. The smallest absolute Gasteiger partial charge is 0.387 e. The van der Waals surface area contributed by atoms with Crippen molar-refractivity contribution in [2.45, 2.75) is 51.9 Å². The lowest BCUT2D eigenvalue weighted by molar-refractivity contribution is -0.122. The van der Waals surface area contributed by atoms with Gasteiger partial charge in [0.15, 0.2) is 5.78 Å². The average molecular weight is 578 g/mol. The molecule has 1 aromatic heterocycles. The maximum atomic E-state index is 13.5. The van der Waals surface area contributed by atoms with Crippen molar-refractivity contribution in [3.05, 3.63) is 81.2 Å². The number of halogens is 3. The highest BCUT2D eigenvalue weighted by Crippen LogP contribution is 2.38. The maximum Gasteiger partial charge on any atom is 0.387 e. The second-order valence-electron chi connectivity index (χ2n) is 9.93. The molecular weight excluding hydrogens is 548 g/mol. The minimum absolute atomic E-state index is 0.0722. The average Bonchev–Trinajstić information content (AvgIpc) is 2.87. The van der Waals surface area contributed by atoms with E-state index in [2.05, 4.69) is 4.74 Å². The number of carboxylic acid groups (broad SMARTS) is 1. The highest BCUT2D eigenvalue weighted by molar-refractivity contribution is 6.31. The molecule has 0 bridgehead atoms. The van der Waals surface area contributed by atoms with Gasteiger partial charge in [-0.2, -0.15) is 8.78 Å². The van der Waals surface area contributed by atoms with Crippen LogP contribution in [0.5, 0.6) is 11.5 Å². The Morgan fingerprint density at radius 3 is 2.25 bits per heavy atom. The predicted molar refractivity (Wildman–Crippen MR) is 146 cm³/mol. The second kappa shape index (κ2) is 13.1. The minimum Gasteiger partial charge on any atom is -0.495 e. The molecule has 1 N–H and O–H groups in total. The Balaban J connectivity index is 2.04. The standard InChI is InChI=1S/C29H30ClF2NO7/c1-29(2,3)39-12-11-22(23(34)13-17-5-7-18(8-6-17)27(36)37)33-16-25(38-4)21(15-26(33)35)20-14-19(30)9-10-24(20)40-28(31)32/h5-10,14-16,22,28H,11-13H2,1-4H3,(H,36,37). The molecule has 0 saturated heterocycles. The Bertz CT molecular complexity index is 1420. The van der Waals surface area contributed by atoms with Gasteiger partial charge in [-0.1, -0.05) is 23.7 Å². The molecule has 0 aliphatic carbocycles. The summed E-state index contributed by atoms with van der Waals surface area (Å²) in [6, 6.07) is 10.1. The lowest BCUT2D eigenvalue weighted by Crippen LogP contribution is -2.32. The highest BCUT2D eigenvalue weighted by atomic mass is 35.5. The van der Waals surface area contributed by atoms with Gasteiger partial charge in [0, 0.05) is 35.2 Å². The van der Waals surface area contributed by atoms with Gasteiger partial charge in [-0.3, -0.25) is 9.59 Å². The van der Waals surface area contributed by atoms with Crippen LogP contribution in [-0.2, 0) is 16.0 Å². The van der Waals surface area contributed by atoms with Gasteiger partial charge in [-0.25, -0.2) is 4.79 Å². The topological polar surface area (TPSA) is 104 Å². The lowest BCUT2D eigenvalue weighted by atomic mass is 9.99. The van der Waals surface area contributed by atoms with Crippen LogP contribution in [0.15, 0.2) is 59.5 Å². The van der Waals surface area contributed by atoms with Gasteiger partial charge >= 0.3 is 12.6 Å². The van der Waals surface area contributed by atoms with Crippen LogP contribution >= 0.6 is 11.6 Å². The first kappa shape index (κ1) is 30.8. The van der Waals surface area contributed by atoms with E-state index >= 15 is 0 Å². The van der Waals surface area contributed by atoms with Crippen molar-refractivity contribution in [3.8, 4) is 22.6 Å². The third-order valence-corrected chi connectivity index (χ3v) is 6.16. The second-order valence-corrected chi connectivity index (χ2v) is 10.4. The fourth-order valence-corrected chi connectivity index (χ4v) is 4.24. The van der Waals surface area contributed by atoms with Crippen molar-refractivity contribution in [1.29, 1.82) is 0 Å². The summed E-state index contributed by atoms with van der Waals surface area (Å²) in [7, 11) is 1.34. The van der Waals surface area contributed by atoms with Crippen LogP contribution in [0.3, 0.4) is 0 Å². The number of alkyl halides is 2. The van der Waals surface area contributed by atoms with Crippen molar-refractivity contribution >= 4 is 23.4 Å². The maximum absolute atomic E-state index is 13.5. The number of aromatic carboxylic acids is 1. The molecule has 0 amide bonds. The van der Waals surface area contributed by atoms with Crippen molar-refractivity contribution in [2.24, 2.45) is 0 Å². The number of carbonyl (C=O) groups excluding carboxylic acids is 1. The van der Waals surface area contributed by atoms with E-state index in [1.54, 1.807) is 12.1 Å². The number of benzene rings is 2. The molecule has 0 aliphatic heterocycles. The number of hydrogen-bond donors (Lipinski definition) is 1. The Morgan fingerprint density at radius 1 is 1.02 bits per heavy atom. The molecule has 0 fully saturated rings. The van der Waals surface area contributed by atoms with E-state index in [0.717, 1.165) is 0 Å². The van der Waals surface area contributed by atoms with Crippen LogP contribution in [0.4, 0.5) is 8.78 Å². The van der Waals surface area contributed by atoms with Crippen molar-refractivity contribution in [3.63, 3.8) is 0 Å². The summed E-state index contributed by atoms with van der Waals surface area (Å²) in [4.78, 5) is 38.1. The molecule has 40 heavy (non-hydrogen) atoms. The summed E-state index contributed by atoms with van der Waals surface area (Å²) < 4.78 is 43.2. The van der Waals surface area contributed by atoms with E-state index in [1.807, 2.05) is 20.8 Å². The SMILES string of the molecule is COc1cn(C(CCOC(C)(C)C)C(=O)Cc2ccc(C(=O)O)cc2)c(=O)cc1-c1cc(Cl)ccc1OC(F)F. The van der Waals surface area contributed by atoms with Gasteiger partial charge in [-0.05, 0) is 63.1 Å². The van der Waals surface area contributed by atoms with Gasteiger partial charge < -0.3 is 23.9 Å². The number of Topliss-reactive ketones (excluding diaryl/α,β-unsaturated/α-hetero) is 1. The summed E-state index contributed by atoms with van der Waals surface area (Å²) in [6.45, 7) is 2.64. The van der Waals surface area contributed by atoms with E-state index in [4.69, 9.17) is 26.2 Å². The number of hydrogen-bond acceptors (Lipinski definition) is 6. The van der Waals surface area contributed by atoms with Crippen molar-refractivity contribution < 1.29 is 37.7 Å². The van der Waals surface area contributed by atoms with Gasteiger partial charge in [-0.15, -0.1) is 0 Å². The molecule has 2 aromatic carbocycles. The first-order valence-electron chi connectivity index (χ1n) is 12.3. The van der Waals surface area contributed by atoms with E-state index in [1.165, 1.54) is 54.3 Å². The number of ether oxygens (including phenoxy) is 3. The number of carboxylic acids is 1. The lowest BCUT2D eigenvalue weighted by Gasteiger charge is -2.24. The molecule has 0 spiro atoms. The third kappa shape index (κ3) is 8.12. The molecule has 1 atom stereocenters. The fraction of sp³-hybridized carbons (Fsp3) is 0.345. The van der Waals surface area contributed by atoms with Gasteiger partial charge in [0.25, 0.3) is 5.56 Å². The molecule has 214 valence electrons. The number of aromatic nitrogens is 1. The normalized spacial score (nSPS) is 12.3. The number of carbonyl (C=O) groups is 2. The van der Waals surface area contributed by atoms with Crippen molar-refractivity contribution in [1.82, 2.24) is 4.57 Å². The van der Waals surface area contributed by atoms with Gasteiger partial charge in [0.2, 0.25) is 0 Å². The van der Waals surface area contributed by atoms with E-state index in [-0.39, 0.29) is 58.4 Å². The molecule has 0 radical (unpaired) electrons. The van der Waals surface area contributed by atoms with Gasteiger partial charge in [0.1, 0.15) is 11.5 Å². The fourth-order valence-electron chi connectivity index (χ4n) is 4.07. The summed E-state index contributed by atoms with van der Waals surface area (Å²) in [5.74, 6) is -1.48. The first-order chi connectivity index (χ1) is 18.8. The largest absolute Gasteiger partial charge is 0.495 e. The van der Waals surface area contributed by atoms with Crippen LogP contribution in [0.1, 0.15) is 49.2 Å². The van der Waals surface area contributed by atoms with Gasteiger partial charge in [0.05, 0.1) is 30.5 Å². The molecule has 11 heteroatoms. The molecular formula is C29H30ClF2NO7. The van der Waals surface area contributed by atoms with E-state index < -0.39 is 29.8 Å². The molecule has 3 rings (SSSR count). The summed E-state index contributed by atoms with van der Waals surface area (Å²) >= 11 is 6.10. The monoisotopic (exact) mass is 577 g/mol. The zero-order valence-corrected chi connectivity index (χ0v) is 23.2. The molecule has 1 unspecified atom stereocenters. The molecule has 3 aromatic rings. The summed E-state index contributed by atoms with van der Waals surface area (Å²) in [5, 5.41) is 9.36. The minimum atomic E-state index is -3.11. The van der Waals surface area contributed by atoms with E-state index in [0.29, 0.717) is 5.56 Å². The van der Waals surface area contributed by atoms with Crippen LogP contribution in [0.25, 0.3) is 11.1 Å². The van der Waals surface area contributed by atoms with E-state index in [9.17, 15) is 23.2 Å². The number of ketones is 1. The highest BCUT2D eigenvalue weighted by Gasteiger charge is 2.25. The summed E-state index contributed by atoms with van der Waals surface area (Å²) in [5.41, 5.74) is -0.149. The zero-order valence-electron chi connectivity index (χ0n) is 22.4. The molecule has 0 aliphatic rings. The molecule has 8 nitrogen and oxygen atoms in total. The Hall–Kier alpha value is -3.76. The third-order valence-electron chi connectivity index (χ3n) is 5.92. The summed E-state index contributed by atoms with van der Waals surface area (Å²) in [6.07, 6.45) is 1.43. The first-order valence-corrected chi connectivity index (χ1v) is 12.7. The predicted octanol–water partition coefficient (Wildman–Crippen LogP) is 6.04. The van der Waals surface area contributed by atoms with Crippen LogP contribution < -0.4 is 15.0 Å². The van der Waals surface area contributed by atoms with Crippen LogP contribution in [-0.4, -0.2) is 47.4 Å². The van der Waals surface area contributed by atoms with Crippen LogP contribution in [0, 0.1) is 0 Å². The molecule has 0 saturated carbocycles. The Kier molecular flexibility index (Phi) is 10.1.